The van der Waals surface area contributed by atoms with Gasteiger partial charge >= 0.3 is 0 Å². The highest BCUT2D eigenvalue weighted by Gasteiger charge is 2.14. The molecule has 3 heteroatoms. The summed E-state index contributed by atoms with van der Waals surface area (Å²) in [5, 5.41) is 1.37. The molecule has 0 aliphatic heterocycles. The molecule has 3 aromatic heterocycles. The van der Waals surface area contributed by atoms with E-state index in [4.69, 9.17) is 14.0 Å². The standard InChI is InChI=1S/C26H22N2O/c1-17-6-9-19(10-7-17)11-12-20-14-15-27-24(16-20)23-5-3-4-21-22-13-8-18(2)28-26(22)29-25(21)23/h3-10,13-16H,11-12H2,1-2H3/i2D3,11D2,12D2. The van der Waals surface area contributed by atoms with E-state index >= 15 is 0 Å². The molecule has 0 unspecified atom stereocenters. The van der Waals surface area contributed by atoms with Crippen LogP contribution in [-0.4, -0.2) is 9.97 Å². The van der Waals surface area contributed by atoms with Crippen LogP contribution in [0.4, 0.5) is 0 Å². The highest BCUT2D eigenvalue weighted by atomic mass is 16.3. The number of pyridine rings is 2. The molecule has 0 amide bonds. The fraction of sp³-hybridized carbons (Fsp3) is 0.154. The maximum Gasteiger partial charge on any atom is 0.227 e. The molecule has 5 rings (SSSR count). The molecule has 0 spiro atoms. The minimum atomic E-state index is -2.37. The Morgan fingerprint density at radius 2 is 1.79 bits per heavy atom. The number of para-hydroxylation sites is 1. The van der Waals surface area contributed by atoms with Gasteiger partial charge in [0, 0.05) is 37.8 Å². The zero-order valence-electron chi connectivity index (χ0n) is 22.7. The van der Waals surface area contributed by atoms with Crippen LogP contribution in [-0.2, 0) is 12.7 Å². The van der Waals surface area contributed by atoms with Crippen LogP contribution in [0.15, 0.2) is 77.3 Å². The van der Waals surface area contributed by atoms with Gasteiger partial charge in [0.05, 0.1) is 5.69 Å². The van der Waals surface area contributed by atoms with E-state index < -0.39 is 19.6 Å². The molecule has 142 valence electrons. The molecule has 0 aliphatic rings. The minimum Gasteiger partial charge on any atom is -0.437 e. The quantitative estimate of drug-likeness (QED) is 0.357. The monoisotopic (exact) mass is 385 g/mol. The van der Waals surface area contributed by atoms with Crippen LogP contribution in [0.25, 0.3) is 33.3 Å². The number of hydrogen-bond acceptors (Lipinski definition) is 3. The van der Waals surface area contributed by atoms with E-state index in [1.54, 1.807) is 42.5 Å². The molecule has 2 aromatic carbocycles. The van der Waals surface area contributed by atoms with Gasteiger partial charge in [0.1, 0.15) is 5.58 Å². The van der Waals surface area contributed by atoms with Crippen LogP contribution in [0.1, 0.15) is 32.0 Å². The number of benzene rings is 2. The van der Waals surface area contributed by atoms with Gasteiger partial charge in [-0.1, -0.05) is 42.0 Å². The average Bonchev–Trinajstić information content (AvgIpc) is 3.22. The largest absolute Gasteiger partial charge is 0.437 e. The van der Waals surface area contributed by atoms with Crippen molar-refractivity contribution in [2.45, 2.75) is 26.5 Å². The zero-order valence-corrected chi connectivity index (χ0v) is 15.7. The zero-order chi connectivity index (χ0) is 25.9. The van der Waals surface area contributed by atoms with Crippen molar-refractivity contribution < 1.29 is 14.0 Å². The van der Waals surface area contributed by atoms with Crippen molar-refractivity contribution >= 4 is 22.1 Å². The number of hydrogen-bond donors (Lipinski definition) is 0. The van der Waals surface area contributed by atoms with Crippen LogP contribution in [0.5, 0.6) is 0 Å². The van der Waals surface area contributed by atoms with Crippen LogP contribution >= 0.6 is 0 Å². The van der Waals surface area contributed by atoms with Crippen molar-refractivity contribution in [1.29, 1.82) is 0 Å². The Balaban J connectivity index is 1.62. The van der Waals surface area contributed by atoms with Gasteiger partial charge in [0.25, 0.3) is 0 Å². The number of fused-ring (bicyclic) bond motifs is 3. The third-order valence-electron chi connectivity index (χ3n) is 4.80. The number of aryl methyl sites for hydroxylation is 4. The lowest BCUT2D eigenvalue weighted by atomic mass is 10.0. The Morgan fingerprint density at radius 3 is 2.66 bits per heavy atom. The summed E-state index contributed by atoms with van der Waals surface area (Å²) >= 11 is 0. The normalized spacial score (nSPS) is 16.4. The molecule has 0 saturated heterocycles. The van der Waals surface area contributed by atoms with Crippen LogP contribution < -0.4 is 0 Å². The second kappa shape index (κ2) is 7.17. The summed E-state index contributed by atoms with van der Waals surface area (Å²) in [5.41, 5.74) is 2.86. The first-order valence-corrected chi connectivity index (χ1v) is 9.26. The van der Waals surface area contributed by atoms with E-state index in [1.807, 2.05) is 13.0 Å². The van der Waals surface area contributed by atoms with Crippen LogP contribution in [0.2, 0.25) is 0 Å². The van der Waals surface area contributed by atoms with Crippen molar-refractivity contribution in [1.82, 2.24) is 9.97 Å². The molecule has 0 fully saturated rings. The molecular formula is C26H22N2O. The fourth-order valence-corrected chi connectivity index (χ4v) is 3.32. The van der Waals surface area contributed by atoms with Crippen LogP contribution in [0, 0.1) is 13.8 Å². The van der Waals surface area contributed by atoms with Gasteiger partial charge in [-0.2, -0.15) is 0 Å². The van der Waals surface area contributed by atoms with Crippen LogP contribution in [0.3, 0.4) is 0 Å². The third kappa shape index (κ3) is 3.40. The van der Waals surface area contributed by atoms with E-state index in [2.05, 4.69) is 9.97 Å². The van der Waals surface area contributed by atoms with Gasteiger partial charge in [-0.05, 0) is 68.0 Å². The highest BCUT2D eigenvalue weighted by Crippen LogP contribution is 2.34. The molecule has 29 heavy (non-hydrogen) atoms. The molecule has 3 nitrogen and oxygen atoms in total. The van der Waals surface area contributed by atoms with Gasteiger partial charge < -0.3 is 4.42 Å². The summed E-state index contributed by atoms with van der Waals surface area (Å²) in [5.74, 6) is 0. The topological polar surface area (TPSA) is 38.9 Å². The van der Waals surface area contributed by atoms with Crippen molar-refractivity contribution in [3.05, 3.63) is 95.3 Å². The molecule has 0 atom stereocenters. The lowest BCUT2D eigenvalue weighted by Crippen LogP contribution is -1.93. The molecule has 3 heterocycles. The summed E-state index contributed by atoms with van der Waals surface area (Å²) in [7, 11) is 0. The summed E-state index contributed by atoms with van der Waals surface area (Å²) in [6.07, 6.45) is -3.22. The molecule has 0 aliphatic carbocycles. The predicted octanol–water partition coefficient (Wildman–Crippen LogP) is 6.45. The van der Waals surface area contributed by atoms with Gasteiger partial charge in [-0.3, -0.25) is 4.98 Å². The molecule has 0 N–H and O–H groups in total. The second-order valence-electron chi connectivity index (χ2n) is 6.88. The molecule has 0 radical (unpaired) electrons. The van der Waals surface area contributed by atoms with Crippen molar-refractivity contribution in [3.63, 3.8) is 0 Å². The first-order valence-electron chi connectivity index (χ1n) is 12.8. The van der Waals surface area contributed by atoms with Gasteiger partial charge in [0.15, 0.2) is 0 Å². The smallest absolute Gasteiger partial charge is 0.227 e. The average molecular weight is 386 g/mol. The van der Waals surface area contributed by atoms with E-state index in [9.17, 15) is 0 Å². The molecule has 0 saturated carbocycles. The van der Waals surface area contributed by atoms with E-state index in [1.165, 1.54) is 24.4 Å². The number of rotatable bonds is 4. The number of aromatic nitrogens is 2. The van der Waals surface area contributed by atoms with E-state index in [-0.39, 0.29) is 22.5 Å². The van der Waals surface area contributed by atoms with E-state index in [0.717, 1.165) is 10.9 Å². The maximum absolute atomic E-state index is 8.73. The van der Waals surface area contributed by atoms with Gasteiger partial charge in [-0.25, -0.2) is 4.98 Å². The highest BCUT2D eigenvalue weighted by molar-refractivity contribution is 6.08. The van der Waals surface area contributed by atoms with E-state index in [0.29, 0.717) is 22.2 Å². The van der Waals surface area contributed by atoms with Crippen molar-refractivity contribution in [2.24, 2.45) is 0 Å². The summed E-state index contributed by atoms with van der Waals surface area (Å²) in [6, 6.07) is 18.2. The van der Waals surface area contributed by atoms with Gasteiger partial charge in [0.2, 0.25) is 5.71 Å². The Bertz CT molecular complexity index is 1590. The second-order valence-corrected chi connectivity index (χ2v) is 6.88. The van der Waals surface area contributed by atoms with Gasteiger partial charge in [-0.15, -0.1) is 0 Å². The third-order valence-corrected chi connectivity index (χ3v) is 4.80. The maximum atomic E-state index is 8.73. The SMILES string of the molecule is [2H]C([2H])([2H])c1ccc2c(n1)oc1c(-c3cc(C([2H])([2H])C([2H])([2H])c4ccc(C)cc4)ccn3)cccc12. The Hall–Kier alpha value is -3.46. The summed E-state index contributed by atoms with van der Waals surface area (Å²) < 4.78 is 63.5. The summed E-state index contributed by atoms with van der Waals surface area (Å²) in [4.78, 5) is 8.60. The lowest BCUT2D eigenvalue weighted by molar-refractivity contribution is 0.653. The number of furan rings is 1. The first kappa shape index (κ1) is 11.5. The van der Waals surface area contributed by atoms with Crippen molar-refractivity contribution in [3.8, 4) is 11.3 Å². The number of nitrogens with zero attached hydrogens (tertiary/aromatic N) is 2. The first-order chi connectivity index (χ1) is 16.9. The molecular weight excluding hydrogens is 356 g/mol. The Morgan fingerprint density at radius 1 is 0.931 bits per heavy atom. The predicted molar refractivity (Wildman–Crippen MR) is 118 cm³/mol. The Labute approximate surface area is 179 Å². The summed E-state index contributed by atoms with van der Waals surface area (Å²) in [6.45, 7) is -0.477. The molecule has 5 aromatic rings. The fourth-order valence-electron chi connectivity index (χ4n) is 3.32. The minimum absolute atomic E-state index is 0.0674. The van der Waals surface area contributed by atoms with Crippen molar-refractivity contribution in [2.75, 3.05) is 0 Å². The Kier molecular flexibility index (Phi) is 2.85. The molecule has 0 bridgehead atoms. The lowest BCUT2D eigenvalue weighted by Gasteiger charge is -2.06.